The number of benzene rings is 4. The molecule has 2 unspecified atom stereocenters. The molecule has 13 heteroatoms. The minimum absolute atomic E-state index is 0.0110. The highest BCUT2D eigenvalue weighted by Gasteiger charge is 2.32. The van der Waals surface area contributed by atoms with Gasteiger partial charge < -0.3 is 38.2 Å². The largest absolute Gasteiger partial charge is 0.493 e. The fourth-order valence-corrected chi connectivity index (χ4v) is 7.98. The Morgan fingerprint density at radius 2 is 1.10 bits per heavy atom. The molecule has 4 heterocycles. The van der Waals surface area contributed by atoms with E-state index in [4.69, 9.17) is 38.4 Å². The van der Waals surface area contributed by atoms with Gasteiger partial charge in [0.05, 0.1) is 48.8 Å². The van der Waals surface area contributed by atoms with E-state index in [-0.39, 0.29) is 56.1 Å². The van der Waals surface area contributed by atoms with Crippen LogP contribution in [0.2, 0.25) is 0 Å². The highest BCUT2D eigenvalue weighted by Crippen LogP contribution is 2.40. The van der Waals surface area contributed by atoms with Crippen LogP contribution in [0.25, 0.3) is 0 Å². The lowest BCUT2D eigenvalue weighted by atomic mass is 10.0. The van der Waals surface area contributed by atoms with E-state index in [1.54, 1.807) is 62.8 Å². The molecule has 4 aliphatic rings. The van der Waals surface area contributed by atoms with E-state index >= 15 is 0 Å². The van der Waals surface area contributed by atoms with Crippen molar-refractivity contribution >= 4 is 41.4 Å². The summed E-state index contributed by atoms with van der Waals surface area (Å²) < 4.78 is 36.3. The predicted molar refractivity (Wildman–Crippen MR) is 222 cm³/mol. The third-order valence-corrected chi connectivity index (χ3v) is 11.1. The van der Waals surface area contributed by atoms with Crippen LogP contribution in [0.15, 0.2) is 76.7 Å². The number of rotatable bonds is 14. The number of Topliss-reactive ketones (excluding diaryl/α,β-unsaturated/α-hetero) is 1. The molecular formula is C46H48N4O9. The highest BCUT2D eigenvalue weighted by atomic mass is 16.5. The van der Waals surface area contributed by atoms with Crippen molar-refractivity contribution in [2.45, 2.75) is 70.7 Å². The normalized spacial score (nSPS) is 18.1. The Morgan fingerprint density at radius 3 is 1.58 bits per heavy atom. The highest BCUT2D eigenvalue weighted by molar-refractivity contribution is 6.04. The monoisotopic (exact) mass is 800 g/mol. The maximum Gasteiger partial charge on any atom is 0.256 e. The Balaban J connectivity index is 1.02. The van der Waals surface area contributed by atoms with Crippen molar-refractivity contribution in [1.29, 1.82) is 0 Å². The zero-order chi connectivity index (χ0) is 40.9. The number of nitrogens with zero attached hydrogens (tertiary/aromatic N) is 4. The number of fused-ring (bicyclic) bond motifs is 4. The van der Waals surface area contributed by atoms with E-state index in [2.05, 4.69) is 0 Å². The van der Waals surface area contributed by atoms with Crippen molar-refractivity contribution in [2.75, 3.05) is 40.5 Å². The molecule has 0 aromatic heterocycles. The molecule has 0 bridgehead atoms. The molecule has 4 aliphatic heterocycles. The molecule has 0 spiro atoms. The van der Waals surface area contributed by atoms with E-state index in [1.165, 1.54) is 6.92 Å². The Kier molecular flexibility index (Phi) is 11.8. The average Bonchev–Trinajstić information content (AvgIpc) is 3.49. The molecule has 2 fully saturated rings. The molecule has 4 aromatic carbocycles. The summed E-state index contributed by atoms with van der Waals surface area (Å²) in [4.78, 5) is 52.0. The van der Waals surface area contributed by atoms with E-state index < -0.39 is 0 Å². The van der Waals surface area contributed by atoms with Crippen molar-refractivity contribution < 1.29 is 42.8 Å². The van der Waals surface area contributed by atoms with Gasteiger partial charge in [0.15, 0.2) is 28.8 Å². The van der Waals surface area contributed by atoms with Gasteiger partial charge in [-0.25, -0.2) is 0 Å². The van der Waals surface area contributed by atoms with Crippen LogP contribution >= 0.6 is 0 Å². The topological polar surface area (TPSA) is 138 Å². The first-order valence-electron chi connectivity index (χ1n) is 20.2. The average molecular weight is 801 g/mol. The zero-order valence-electron chi connectivity index (χ0n) is 33.6. The van der Waals surface area contributed by atoms with E-state index in [9.17, 15) is 14.4 Å². The van der Waals surface area contributed by atoms with Gasteiger partial charge in [-0.05, 0) is 111 Å². The van der Waals surface area contributed by atoms with Crippen LogP contribution in [0, 0.1) is 0 Å². The summed E-state index contributed by atoms with van der Waals surface area (Å²) in [5, 5.41) is 0. The van der Waals surface area contributed by atoms with Crippen LogP contribution < -0.4 is 28.4 Å². The number of hydrogen-bond donors (Lipinski definition) is 0. The van der Waals surface area contributed by atoms with Crippen molar-refractivity contribution in [3.8, 4) is 34.5 Å². The van der Waals surface area contributed by atoms with Gasteiger partial charge in [0.1, 0.15) is 37.9 Å². The van der Waals surface area contributed by atoms with Crippen LogP contribution in [0.4, 0.5) is 11.4 Å². The molecule has 13 nitrogen and oxygen atoms in total. The minimum atomic E-state index is -0.0566. The van der Waals surface area contributed by atoms with Gasteiger partial charge in [0.2, 0.25) is 0 Å². The molecule has 4 aromatic rings. The van der Waals surface area contributed by atoms with Gasteiger partial charge in [-0.2, -0.15) is 0 Å². The summed E-state index contributed by atoms with van der Waals surface area (Å²) in [6.45, 7) is 3.71. The summed E-state index contributed by atoms with van der Waals surface area (Å²) in [6.07, 6.45) is 9.57. The molecule has 0 radical (unpaired) electrons. The molecule has 8 rings (SSSR count). The standard InChI is InChI=1S/C46H48N4O9/c1-29(51)32-10-12-35(13-11-32)56-16-17-57-36-19-30(27-58-43-23-39-37(21-41(43)54-2)45(52)49-14-6-4-8-33(49)25-47-39)18-31(20-36)28-59-44-24-40-38(22-42(44)55-3)46(53)50-15-7-5-9-34(50)26-48-40/h10-13,18-26,33-34H,4-9,14-17,27-28H2,1-3H3. The maximum absolute atomic E-state index is 13.6. The number of carbonyl (C=O) groups excluding carboxylic acids is 3. The maximum atomic E-state index is 13.6. The SMILES string of the molecule is COc1cc2c(cc1OCc1cc(COc3cc4c(cc3OC)C(=O)N3CCCCC3C=N4)cc(OCCOc3ccc(C(C)=O)cc3)c1)N=CC1CCCCN1C2=O. The van der Waals surface area contributed by atoms with Crippen molar-refractivity contribution in [1.82, 2.24) is 9.80 Å². The van der Waals surface area contributed by atoms with Gasteiger partial charge in [0.25, 0.3) is 11.8 Å². The van der Waals surface area contributed by atoms with Crippen molar-refractivity contribution in [3.63, 3.8) is 0 Å². The van der Waals surface area contributed by atoms with Crippen molar-refractivity contribution in [3.05, 3.63) is 94.5 Å². The van der Waals surface area contributed by atoms with Gasteiger partial charge in [-0.1, -0.05) is 0 Å². The number of piperidine rings is 2. The molecule has 2 saturated heterocycles. The van der Waals surface area contributed by atoms with Crippen LogP contribution in [0.3, 0.4) is 0 Å². The van der Waals surface area contributed by atoms with Crippen LogP contribution in [0.1, 0.15) is 87.6 Å². The van der Waals surface area contributed by atoms with Gasteiger partial charge in [0, 0.05) is 43.2 Å². The third-order valence-electron chi connectivity index (χ3n) is 11.1. The Hall–Kier alpha value is -6.37. The van der Waals surface area contributed by atoms with E-state index in [0.717, 1.165) is 49.7 Å². The number of aliphatic imine (C=N–C) groups is 2. The summed E-state index contributed by atoms with van der Waals surface area (Å²) in [5.74, 6) is 2.83. The third kappa shape index (κ3) is 8.74. The fourth-order valence-electron chi connectivity index (χ4n) is 7.98. The molecule has 2 amide bonds. The number of amides is 2. The Labute approximate surface area is 343 Å². The summed E-state index contributed by atoms with van der Waals surface area (Å²) >= 11 is 0. The second kappa shape index (κ2) is 17.6. The number of carbonyl (C=O) groups is 3. The van der Waals surface area contributed by atoms with Gasteiger partial charge in [-0.3, -0.25) is 24.4 Å². The molecule has 0 aliphatic carbocycles. The first-order valence-corrected chi connectivity index (χ1v) is 20.2. The smallest absolute Gasteiger partial charge is 0.256 e. The van der Waals surface area contributed by atoms with Crippen LogP contribution in [-0.4, -0.2) is 92.4 Å². The Bertz CT molecular complexity index is 2170. The first kappa shape index (κ1) is 39.5. The van der Waals surface area contributed by atoms with Gasteiger partial charge in [-0.15, -0.1) is 0 Å². The second-order valence-electron chi connectivity index (χ2n) is 15.1. The first-order chi connectivity index (χ1) is 28.8. The summed E-state index contributed by atoms with van der Waals surface area (Å²) in [6, 6.07) is 19.6. The molecular weight excluding hydrogens is 753 g/mol. The van der Waals surface area contributed by atoms with Crippen LogP contribution in [-0.2, 0) is 13.2 Å². The lowest BCUT2D eigenvalue weighted by molar-refractivity contribution is 0.0680. The zero-order valence-corrected chi connectivity index (χ0v) is 33.6. The predicted octanol–water partition coefficient (Wildman–Crippen LogP) is 7.94. The van der Waals surface area contributed by atoms with Crippen LogP contribution in [0.5, 0.6) is 34.5 Å². The minimum Gasteiger partial charge on any atom is -0.493 e. The summed E-state index contributed by atoms with van der Waals surface area (Å²) in [7, 11) is 3.10. The van der Waals surface area contributed by atoms with E-state index in [0.29, 0.717) is 75.7 Å². The van der Waals surface area contributed by atoms with Crippen molar-refractivity contribution in [2.24, 2.45) is 9.98 Å². The summed E-state index contributed by atoms with van der Waals surface area (Å²) in [5.41, 5.74) is 4.25. The molecule has 59 heavy (non-hydrogen) atoms. The van der Waals surface area contributed by atoms with Gasteiger partial charge >= 0.3 is 0 Å². The molecule has 2 atom stereocenters. The molecule has 306 valence electrons. The molecule has 0 saturated carbocycles. The lowest BCUT2D eigenvalue weighted by Crippen LogP contribution is -2.43. The quantitative estimate of drug-likeness (QED) is 0.0919. The second-order valence-corrected chi connectivity index (χ2v) is 15.1. The number of ketones is 1. The van der Waals surface area contributed by atoms with E-state index in [1.807, 2.05) is 40.4 Å². The number of hydrogen-bond acceptors (Lipinski definition) is 11. The molecule has 0 N–H and O–H groups in total. The number of ether oxygens (including phenoxy) is 6. The number of methoxy groups -OCH3 is 2. The Morgan fingerprint density at radius 1 is 0.610 bits per heavy atom. The lowest BCUT2D eigenvalue weighted by Gasteiger charge is -2.32. The fraction of sp³-hybridized carbons (Fsp3) is 0.370.